The Hall–Kier alpha value is -3.22. The summed E-state index contributed by atoms with van der Waals surface area (Å²) >= 11 is 11.7. The number of rotatable bonds is 3. The lowest BCUT2D eigenvalue weighted by Gasteiger charge is -2.11. The van der Waals surface area contributed by atoms with Crippen LogP contribution in [0.3, 0.4) is 0 Å². The molecular formula is C24H20ClN3O2S. The number of carbonyl (C=O) groups is 1. The molecule has 0 aliphatic rings. The zero-order valence-corrected chi connectivity index (χ0v) is 18.8. The molecule has 1 heterocycles. The number of amides is 1. The molecule has 0 unspecified atom stereocenters. The minimum absolute atomic E-state index is 0.186. The number of halogens is 1. The van der Waals surface area contributed by atoms with E-state index in [0.29, 0.717) is 33.3 Å². The quantitative estimate of drug-likeness (QED) is 0.364. The first-order valence-electron chi connectivity index (χ1n) is 9.66. The maximum absolute atomic E-state index is 12.5. The maximum Gasteiger partial charge on any atom is 0.257 e. The zero-order valence-electron chi connectivity index (χ0n) is 17.2. The van der Waals surface area contributed by atoms with Gasteiger partial charge in [-0.1, -0.05) is 34.9 Å². The van der Waals surface area contributed by atoms with Crippen LogP contribution in [0, 0.1) is 20.8 Å². The predicted molar refractivity (Wildman–Crippen MR) is 129 cm³/mol. The molecule has 156 valence electrons. The molecule has 0 fully saturated rings. The van der Waals surface area contributed by atoms with Crippen molar-refractivity contribution in [3.63, 3.8) is 0 Å². The summed E-state index contributed by atoms with van der Waals surface area (Å²) in [6.45, 7) is 5.89. The van der Waals surface area contributed by atoms with Crippen LogP contribution in [0.1, 0.15) is 27.0 Å². The monoisotopic (exact) mass is 449 g/mol. The lowest BCUT2D eigenvalue weighted by Crippen LogP contribution is -2.34. The van der Waals surface area contributed by atoms with Crippen molar-refractivity contribution in [1.29, 1.82) is 0 Å². The first-order valence-corrected chi connectivity index (χ1v) is 10.4. The average molecular weight is 450 g/mol. The van der Waals surface area contributed by atoms with Crippen LogP contribution in [0.4, 0.5) is 5.69 Å². The van der Waals surface area contributed by atoms with Crippen LogP contribution in [-0.2, 0) is 0 Å². The van der Waals surface area contributed by atoms with E-state index < -0.39 is 0 Å². The van der Waals surface area contributed by atoms with Gasteiger partial charge < -0.3 is 9.73 Å². The number of aromatic nitrogens is 1. The van der Waals surface area contributed by atoms with Gasteiger partial charge in [0.2, 0.25) is 5.89 Å². The highest BCUT2D eigenvalue weighted by atomic mass is 35.5. The number of oxazole rings is 1. The fourth-order valence-electron chi connectivity index (χ4n) is 3.36. The largest absolute Gasteiger partial charge is 0.436 e. The molecule has 1 amide bonds. The number of hydrogen-bond donors (Lipinski definition) is 2. The van der Waals surface area contributed by atoms with Gasteiger partial charge in [-0.3, -0.25) is 10.1 Å². The summed E-state index contributed by atoms with van der Waals surface area (Å²) in [4.78, 5) is 17.1. The number of aryl methyl sites for hydroxylation is 3. The molecule has 1 aromatic heterocycles. The van der Waals surface area contributed by atoms with Crippen molar-refractivity contribution in [2.45, 2.75) is 20.8 Å². The van der Waals surface area contributed by atoms with Crippen LogP contribution < -0.4 is 10.6 Å². The van der Waals surface area contributed by atoms with E-state index in [9.17, 15) is 4.79 Å². The van der Waals surface area contributed by atoms with Crippen molar-refractivity contribution in [3.8, 4) is 11.5 Å². The third kappa shape index (κ3) is 4.76. The van der Waals surface area contributed by atoms with Crippen molar-refractivity contribution in [1.82, 2.24) is 10.3 Å². The molecule has 0 bridgehead atoms. The maximum atomic E-state index is 12.5. The zero-order chi connectivity index (χ0) is 22.1. The molecule has 3 aromatic carbocycles. The van der Waals surface area contributed by atoms with Crippen LogP contribution in [0.25, 0.3) is 22.6 Å². The summed E-state index contributed by atoms with van der Waals surface area (Å²) in [7, 11) is 0. The fraction of sp³-hybridized carbons (Fsp3) is 0.125. The number of nitrogens with one attached hydrogen (secondary N) is 2. The lowest BCUT2D eigenvalue weighted by atomic mass is 10.1. The summed E-state index contributed by atoms with van der Waals surface area (Å²) in [5, 5.41) is 6.42. The molecule has 0 saturated carbocycles. The van der Waals surface area contributed by atoms with E-state index in [4.69, 9.17) is 28.2 Å². The SMILES string of the molecule is Cc1cc(C)cc(C(=O)NC(=S)Nc2ccc(Cl)c(-c3nc4ccc(C)cc4o3)c2)c1. The smallest absolute Gasteiger partial charge is 0.257 e. The van der Waals surface area contributed by atoms with Crippen LogP contribution in [0.5, 0.6) is 0 Å². The van der Waals surface area contributed by atoms with Gasteiger partial charge in [0, 0.05) is 11.3 Å². The highest BCUT2D eigenvalue weighted by molar-refractivity contribution is 7.80. The minimum atomic E-state index is -0.271. The van der Waals surface area contributed by atoms with Crippen molar-refractivity contribution >= 4 is 51.6 Å². The van der Waals surface area contributed by atoms with Gasteiger partial charge in [-0.15, -0.1) is 0 Å². The second kappa shape index (κ2) is 8.49. The van der Waals surface area contributed by atoms with Gasteiger partial charge in [-0.2, -0.15) is 0 Å². The van der Waals surface area contributed by atoms with Gasteiger partial charge in [0.1, 0.15) is 5.52 Å². The Morgan fingerprint density at radius 2 is 1.71 bits per heavy atom. The third-order valence-corrected chi connectivity index (χ3v) is 5.24. The molecule has 0 aliphatic carbocycles. The topological polar surface area (TPSA) is 67.2 Å². The normalized spacial score (nSPS) is 10.8. The minimum Gasteiger partial charge on any atom is -0.436 e. The summed E-state index contributed by atoms with van der Waals surface area (Å²) < 4.78 is 5.89. The molecule has 0 saturated heterocycles. The molecule has 0 radical (unpaired) electrons. The number of fused-ring (bicyclic) bond motifs is 1. The summed E-state index contributed by atoms with van der Waals surface area (Å²) in [6, 6.07) is 16.8. The molecule has 5 nitrogen and oxygen atoms in total. The van der Waals surface area contributed by atoms with Crippen molar-refractivity contribution in [2.24, 2.45) is 0 Å². The van der Waals surface area contributed by atoms with E-state index >= 15 is 0 Å². The van der Waals surface area contributed by atoms with E-state index in [1.54, 1.807) is 18.2 Å². The lowest BCUT2D eigenvalue weighted by molar-refractivity contribution is 0.0977. The molecular weight excluding hydrogens is 430 g/mol. The van der Waals surface area contributed by atoms with E-state index in [1.165, 1.54) is 0 Å². The van der Waals surface area contributed by atoms with Gasteiger partial charge in [-0.05, 0) is 81.0 Å². The number of nitrogens with zero attached hydrogens (tertiary/aromatic N) is 1. The third-order valence-electron chi connectivity index (χ3n) is 4.71. The van der Waals surface area contributed by atoms with Gasteiger partial charge in [-0.25, -0.2) is 4.98 Å². The Balaban J connectivity index is 1.53. The second-order valence-corrected chi connectivity index (χ2v) is 8.28. The summed E-state index contributed by atoms with van der Waals surface area (Å²) in [6.07, 6.45) is 0. The summed E-state index contributed by atoms with van der Waals surface area (Å²) in [5.41, 5.74) is 6.40. The Kier molecular flexibility index (Phi) is 5.76. The number of anilines is 1. The van der Waals surface area contributed by atoms with Crippen LogP contribution in [0.2, 0.25) is 5.02 Å². The molecule has 7 heteroatoms. The van der Waals surface area contributed by atoms with Gasteiger partial charge in [0.05, 0.1) is 10.6 Å². The van der Waals surface area contributed by atoms with Crippen LogP contribution >= 0.6 is 23.8 Å². The second-order valence-electron chi connectivity index (χ2n) is 7.47. The van der Waals surface area contributed by atoms with Gasteiger partial charge in [0.15, 0.2) is 10.7 Å². The molecule has 4 rings (SSSR count). The van der Waals surface area contributed by atoms with E-state index in [1.807, 2.05) is 57.2 Å². The molecule has 4 aromatic rings. The highest BCUT2D eigenvalue weighted by Gasteiger charge is 2.14. The standard InChI is InChI=1S/C24H20ClN3O2S/c1-13-4-7-20-21(11-13)30-23(27-20)18-12-17(5-6-19(18)25)26-24(31)28-22(29)16-9-14(2)8-15(3)10-16/h4-12H,1-3H3,(H2,26,28,29,31). The predicted octanol–water partition coefficient (Wildman–Crippen LogP) is 6.20. The van der Waals surface area contributed by atoms with Gasteiger partial charge in [0.25, 0.3) is 5.91 Å². The number of hydrogen-bond acceptors (Lipinski definition) is 4. The Morgan fingerprint density at radius 3 is 2.45 bits per heavy atom. The fourth-order valence-corrected chi connectivity index (χ4v) is 3.77. The molecule has 0 aliphatic heterocycles. The Labute approximate surface area is 190 Å². The van der Waals surface area contributed by atoms with Crippen LogP contribution in [-0.4, -0.2) is 16.0 Å². The Morgan fingerprint density at radius 1 is 0.968 bits per heavy atom. The molecule has 31 heavy (non-hydrogen) atoms. The number of carbonyl (C=O) groups excluding carboxylic acids is 1. The number of benzene rings is 3. The molecule has 0 spiro atoms. The number of thiocarbonyl (C=S) groups is 1. The first kappa shape index (κ1) is 21.0. The summed E-state index contributed by atoms with van der Waals surface area (Å²) in [5.74, 6) is 0.146. The van der Waals surface area contributed by atoms with Crippen molar-refractivity contribution in [3.05, 3.63) is 81.9 Å². The Bertz CT molecular complexity index is 1310. The van der Waals surface area contributed by atoms with Gasteiger partial charge >= 0.3 is 0 Å². The average Bonchev–Trinajstić information content (AvgIpc) is 3.11. The molecule has 0 atom stereocenters. The van der Waals surface area contributed by atoms with Crippen molar-refractivity contribution < 1.29 is 9.21 Å². The first-order chi connectivity index (χ1) is 14.8. The van der Waals surface area contributed by atoms with E-state index in [2.05, 4.69) is 15.6 Å². The highest BCUT2D eigenvalue weighted by Crippen LogP contribution is 2.32. The van der Waals surface area contributed by atoms with Crippen molar-refractivity contribution in [2.75, 3.05) is 5.32 Å². The van der Waals surface area contributed by atoms with E-state index in [0.717, 1.165) is 22.2 Å². The molecule has 2 N–H and O–H groups in total. The van der Waals surface area contributed by atoms with Crippen LogP contribution in [0.15, 0.2) is 59.0 Å². The van der Waals surface area contributed by atoms with E-state index in [-0.39, 0.29) is 11.0 Å².